The van der Waals surface area contributed by atoms with Gasteiger partial charge in [0.1, 0.15) is 0 Å². The molecule has 0 N–H and O–H groups in total. The number of benzene rings is 1. The Morgan fingerprint density at radius 3 is 2.89 bits per heavy atom. The van der Waals surface area contributed by atoms with Gasteiger partial charge < -0.3 is 4.55 Å². The average molecular weight is 260 g/mol. The number of rotatable bonds is 1. The van der Waals surface area contributed by atoms with Crippen LogP contribution in [-0.2, 0) is 17.5 Å². The molecule has 2 atom stereocenters. The van der Waals surface area contributed by atoms with Crippen molar-refractivity contribution in [2.75, 3.05) is 0 Å². The maximum atomic E-state index is 11.4. The molecule has 0 saturated carbocycles. The molecular formula is C14H14NO2S-. The molecule has 0 spiro atoms. The van der Waals surface area contributed by atoms with Crippen LogP contribution in [-0.4, -0.2) is 13.7 Å². The lowest BCUT2D eigenvalue weighted by molar-refractivity contribution is 0.538. The molecule has 4 heteroatoms. The van der Waals surface area contributed by atoms with Gasteiger partial charge in [0.2, 0.25) is 0 Å². The number of aryl methyl sites for hydroxylation is 2. The van der Waals surface area contributed by atoms with E-state index in [1.54, 1.807) is 0 Å². The number of nitrogens with zero attached hydrogens (tertiary/aromatic N) is 1. The third kappa shape index (κ3) is 1.68. The molecule has 0 fully saturated rings. The van der Waals surface area contributed by atoms with E-state index in [4.69, 9.17) is 0 Å². The van der Waals surface area contributed by atoms with E-state index in [0.717, 1.165) is 29.3 Å². The molecule has 0 radical (unpaired) electrons. The second kappa shape index (κ2) is 4.14. The van der Waals surface area contributed by atoms with Gasteiger partial charge >= 0.3 is 0 Å². The Morgan fingerprint density at radius 1 is 1.39 bits per heavy atom. The maximum Gasteiger partial charge on any atom is 0.0379 e. The number of hydrogen-bond acceptors (Lipinski definition) is 3. The second-order valence-corrected chi connectivity index (χ2v) is 5.90. The van der Waals surface area contributed by atoms with Crippen LogP contribution in [0.25, 0.3) is 10.8 Å². The summed E-state index contributed by atoms with van der Waals surface area (Å²) in [6.07, 6.45) is 3.93. The SMILES string of the molecule is Cc1cc2c(S(=O)[O-])cc3c(c2cn1)CCC3C. The molecule has 0 aliphatic heterocycles. The first kappa shape index (κ1) is 11.8. The molecule has 1 aromatic heterocycles. The van der Waals surface area contributed by atoms with Crippen LogP contribution < -0.4 is 0 Å². The van der Waals surface area contributed by atoms with Crippen molar-refractivity contribution in [2.45, 2.75) is 37.5 Å². The summed E-state index contributed by atoms with van der Waals surface area (Å²) in [6.45, 7) is 4.03. The quantitative estimate of drug-likeness (QED) is 0.741. The van der Waals surface area contributed by atoms with Gasteiger partial charge in [-0.15, -0.1) is 0 Å². The van der Waals surface area contributed by atoms with Gasteiger partial charge in [0.15, 0.2) is 0 Å². The molecule has 0 saturated heterocycles. The lowest BCUT2D eigenvalue weighted by atomic mass is 9.99. The lowest BCUT2D eigenvalue weighted by Gasteiger charge is -2.15. The fourth-order valence-electron chi connectivity index (χ4n) is 2.84. The van der Waals surface area contributed by atoms with Gasteiger partial charge in [0.25, 0.3) is 0 Å². The number of pyridine rings is 1. The highest BCUT2D eigenvalue weighted by atomic mass is 32.2. The zero-order valence-electron chi connectivity index (χ0n) is 10.4. The van der Waals surface area contributed by atoms with E-state index in [1.807, 2.05) is 25.3 Å². The summed E-state index contributed by atoms with van der Waals surface area (Å²) in [5.41, 5.74) is 3.30. The number of hydrogen-bond donors (Lipinski definition) is 0. The van der Waals surface area contributed by atoms with E-state index < -0.39 is 11.1 Å². The van der Waals surface area contributed by atoms with E-state index in [9.17, 15) is 8.76 Å². The third-order valence-corrected chi connectivity index (χ3v) is 4.50. The van der Waals surface area contributed by atoms with Crippen LogP contribution in [0.5, 0.6) is 0 Å². The fourth-order valence-corrected chi connectivity index (χ4v) is 3.41. The van der Waals surface area contributed by atoms with E-state index in [-0.39, 0.29) is 0 Å². The minimum absolute atomic E-state index is 0.406. The summed E-state index contributed by atoms with van der Waals surface area (Å²) in [4.78, 5) is 4.71. The molecule has 1 aliphatic rings. The molecule has 1 heterocycles. The summed E-state index contributed by atoms with van der Waals surface area (Å²) in [5.74, 6) is 0.438. The third-order valence-electron chi connectivity index (χ3n) is 3.80. The molecule has 0 bridgehead atoms. The van der Waals surface area contributed by atoms with Gasteiger partial charge in [-0.05, 0) is 60.0 Å². The van der Waals surface area contributed by atoms with Gasteiger partial charge in [-0.2, -0.15) is 0 Å². The Bertz CT molecular complexity index is 666. The van der Waals surface area contributed by atoms with Crippen LogP contribution >= 0.6 is 0 Å². The predicted molar refractivity (Wildman–Crippen MR) is 70.4 cm³/mol. The normalized spacial score (nSPS) is 20.1. The van der Waals surface area contributed by atoms with Crippen molar-refractivity contribution in [3.05, 3.63) is 35.2 Å². The van der Waals surface area contributed by atoms with Gasteiger partial charge in [-0.1, -0.05) is 6.92 Å². The Balaban J connectivity index is 2.43. The van der Waals surface area contributed by atoms with Crippen molar-refractivity contribution in [2.24, 2.45) is 0 Å². The molecule has 3 rings (SSSR count). The van der Waals surface area contributed by atoms with Gasteiger partial charge in [-0.25, -0.2) is 0 Å². The van der Waals surface area contributed by atoms with Crippen molar-refractivity contribution in [3.63, 3.8) is 0 Å². The fraction of sp³-hybridized carbons (Fsp3) is 0.357. The summed E-state index contributed by atoms with van der Waals surface area (Å²) < 4.78 is 22.8. The molecule has 2 unspecified atom stereocenters. The molecule has 94 valence electrons. The van der Waals surface area contributed by atoms with E-state index in [0.29, 0.717) is 10.8 Å². The van der Waals surface area contributed by atoms with Crippen LogP contribution in [0, 0.1) is 6.92 Å². The standard InChI is InChI=1S/C14H15NO2S/c1-8-3-4-10-11(8)6-14(18(16)17)12-5-9(2)15-7-13(10)12/h5-8H,3-4H2,1-2H3,(H,16,17)/p-1. The van der Waals surface area contributed by atoms with Crippen LogP contribution in [0.1, 0.15) is 36.1 Å². The van der Waals surface area contributed by atoms with Crippen molar-refractivity contribution in [1.29, 1.82) is 0 Å². The topological polar surface area (TPSA) is 53.0 Å². The molecule has 3 nitrogen and oxygen atoms in total. The van der Waals surface area contributed by atoms with E-state index in [1.165, 1.54) is 11.1 Å². The van der Waals surface area contributed by atoms with Crippen LogP contribution in [0.3, 0.4) is 0 Å². The molecule has 2 aromatic rings. The van der Waals surface area contributed by atoms with Crippen molar-refractivity contribution in [3.8, 4) is 0 Å². The van der Waals surface area contributed by atoms with Gasteiger partial charge in [-0.3, -0.25) is 9.19 Å². The molecular weight excluding hydrogens is 246 g/mol. The maximum absolute atomic E-state index is 11.4. The first-order chi connectivity index (χ1) is 8.58. The predicted octanol–water partition coefficient (Wildman–Crippen LogP) is 2.83. The summed E-state index contributed by atoms with van der Waals surface area (Å²) in [6, 6.07) is 3.71. The Kier molecular flexibility index (Phi) is 2.72. The highest BCUT2D eigenvalue weighted by molar-refractivity contribution is 7.79. The summed E-state index contributed by atoms with van der Waals surface area (Å²) in [5, 5.41) is 1.81. The van der Waals surface area contributed by atoms with Crippen LogP contribution in [0.15, 0.2) is 23.2 Å². The Hall–Kier alpha value is -1.26. The van der Waals surface area contributed by atoms with Crippen molar-refractivity contribution < 1.29 is 8.76 Å². The zero-order valence-corrected chi connectivity index (χ0v) is 11.2. The highest BCUT2D eigenvalue weighted by Gasteiger charge is 2.22. The first-order valence-corrected chi connectivity index (χ1v) is 7.17. The monoisotopic (exact) mass is 260 g/mol. The zero-order chi connectivity index (χ0) is 12.9. The van der Waals surface area contributed by atoms with E-state index in [2.05, 4.69) is 11.9 Å². The molecule has 0 amide bonds. The second-order valence-electron chi connectivity index (χ2n) is 4.99. The lowest BCUT2D eigenvalue weighted by Crippen LogP contribution is -1.98. The minimum atomic E-state index is -2.20. The Labute approximate surface area is 109 Å². The molecule has 18 heavy (non-hydrogen) atoms. The van der Waals surface area contributed by atoms with Crippen LogP contribution in [0.4, 0.5) is 0 Å². The number of fused-ring (bicyclic) bond motifs is 3. The van der Waals surface area contributed by atoms with E-state index >= 15 is 0 Å². The summed E-state index contributed by atoms with van der Waals surface area (Å²) in [7, 11) is 0. The van der Waals surface area contributed by atoms with Crippen molar-refractivity contribution >= 4 is 21.9 Å². The minimum Gasteiger partial charge on any atom is -0.768 e. The highest BCUT2D eigenvalue weighted by Crippen LogP contribution is 2.39. The van der Waals surface area contributed by atoms with Gasteiger partial charge in [0.05, 0.1) is 0 Å². The number of aromatic nitrogens is 1. The Morgan fingerprint density at radius 2 is 2.17 bits per heavy atom. The molecule has 1 aromatic carbocycles. The first-order valence-electron chi connectivity index (χ1n) is 6.09. The van der Waals surface area contributed by atoms with Gasteiger partial charge in [0, 0.05) is 27.6 Å². The molecule has 1 aliphatic carbocycles. The summed E-state index contributed by atoms with van der Waals surface area (Å²) >= 11 is -2.20. The largest absolute Gasteiger partial charge is 0.768 e. The smallest absolute Gasteiger partial charge is 0.0379 e. The average Bonchev–Trinajstić information content (AvgIpc) is 2.69. The van der Waals surface area contributed by atoms with Crippen molar-refractivity contribution in [1.82, 2.24) is 4.98 Å². The van der Waals surface area contributed by atoms with Crippen LogP contribution in [0.2, 0.25) is 0 Å².